The van der Waals surface area contributed by atoms with Gasteiger partial charge in [0.05, 0.1) is 5.69 Å². The second-order valence-electron chi connectivity index (χ2n) is 4.13. The predicted octanol–water partition coefficient (Wildman–Crippen LogP) is 3.08. The molecule has 0 aliphatic heterocycles. The molecule has 3 nitrogen and oxygen atoms in total. The van der Waals surface area contributed by atoms with Crippen molar-refractivity contribution in [2.75, 3.05) is 4.90 Å². The Morgan fingerprint density at radius 3 is 2.50 bits per heavy atom. The van der Waals surface area contributed by atoms with Crippen molar-refractivity contribution in [3.8, 4) is 0 Å². The van der Waals surface area contributed by atoms with Crippen molar-refractivity contribution >= 4 is 28.8 Å². The highest BCUT2D eigenvalue weighted by Crippen LogP contribution is 2.25. The van der Waals surface area contributed by atoms with Gasteiger partial charge in [-0.1, -0.05) is 12.1 Å². The molecule has 0 fully saturated rings. The van der Waals surface area contributed by atoms with E-state index in [1.165, 1.54) is 11.1 Å². The van der Waals surface area contributed by atoms with Crippen LogP contribution in [0.2, 0.25) is 0 Å². The molecule has 0 aliphatic carbocycles. The highest BCUT2D eigenvalue weighted by Gasteiger charge is 2.13. The van der Waals surface area contributed by atoms with Crippen molar-refractivity contribution in [2.24, 2.45) is 5.73 Å². The van der Waals surface area contributed by atoms with Gasteiger partial charge in [0.25, 0.3) is 0 Å². The smallest absolute Gasteiger partial charge is 0.176 e. The fourth-order valence-corrected chi connectivity index (χ4v) is 1.92. The van der Waals surface area contributed by atoms with E-state index in [9.17, 15) is 0 Å². The maximum atomic E-state index is 5.81. The largest absolute Gasteiger partial charge is 0.376 e. The molecule has 92 valence electrons. The summed E-state index contributed by atoms with van der Waals surface area (Å²) >= 11 is 5.12. The van der Waals surface area contributed by atoms with Gasteiger partial charge in [-0.25, -0.2) is 4.98 Å². The van der Waals surface area contributed by atoms with Gasteiger partial charge in [0, 0.05) is 6.20 Å². The van der Waals surface area contributed by atoms with Crippen molar-refractivity contribution in [1.82, 2.24) is 4.98 Å². The van der Waals surface area contributed by atoms with Crippen LogP contribution in [-0.2, 0) is 0 Å². The van der Waals surface area contributed by atoms with E-state index in [0.29, 0.717) is 0 Å². The van der Waals surface area contributed by atoms with Crippen molar-refractivity contribution in [1.29, 1.82) is 0 Å². The molecule has 2 N–H and O–H groups in total. The van der Waals surface area contributed by atoms with Crippen molar-refractivity contribution < 1.29 is 0 Å². The Balaban J connectivity index is 2.49. The van der Waals surface area contributed by atoms with Crippen LogP contribution in [0.1, 0.15) is 11.1 Å². The van der Waals surface area contributed by atoms with Crippen LogP contribution in [0.4, 0.5) is 11.5 Å². The highest BCUT2D eigenvalue weighted by molar-refractivity contribution is 7.80. The van der Waals surface area contributed by atoms with E-state index in [-0.39, 0.29) is 5.11 Å². The highest BCUT2D eigenvalue weighted by atomic mass is 32.1. The van der Waals surface area contributed by atoms with Crippen LogP contribution in [0, 0.1) is 13.8 Å². The second-order valence-corrected chi connectivity index (χ2v) is 4.55. The summed E-state index contributed by atoms with van der Waals surface area (Å²) in [7, 11) is 0. The summed E-state index contributed by atoms with van der Waals surface area (Å²) in [4.78, 5) is 6.05. The summed E-state index contributed by atoms with van der Waals surface area (Å²) in [6.45, 7) is 4.14. The molecular formula is C14H15N3S. The lowest BCUT2D eigenvalue weighted by Gasteiger charge is -2.22. The van der Waals surface area contributed by atoms with Crippen molar-refractivity contribution in [2.45, 2.75) is 13.8 Å². The Hall–Kier alpha value is -1.94. The number of hydrogen-bond donors (Lipinski definition) is 1. The van der Waals surface area contributed by atoms with Crippen LogP contribution >= 0.6 is 12.2 Å². The average Bonchev–Trinajstić information content (AvgIpc) is 2.35. The molecule has 0 unspecified atom stereocenters. The minimum atomic E-state index is 0.289. The number of nitrogens with two attached hydrogens (primary N) is 1. The SMILES string of the molecule is Cc1ccc(N(C(N)=S)c2ccccn2)cc1C. The molecule has 0 bridgehead atoms. The monoisotopic (exact) mass is 257 g/mol. The number of aromatic nitrogens is 1. The van der Waals surface area contributed by atoms with E-state index in [2.05, 4.69) is 31.0 Å². The van der Waals surface area contributed by atoms with Crippen LogP contribution in [0.5, 0.6) is 0 Å². The Morgan fingerprint density at radius 1 is 1.17 bits per heavy atom. The fraction of sp³-hybridized carbons (Fsp3) is 0.143. The third-order valence-electron chi connectivity index (χ3n) is 2.85. The van der Waals surface area contributed by atoms with E-state index >= 15 is 0 Å². The Morgan fingerprint density at radius 2 is 1.94 bits per heavy atom. The van der Waals surface area contributed by atoms with Crippen molar-refractivity contribution in [3.63, 3.8) is 0 Å². The first-order chi connectivity index (χ1) is 8.59. The van der Waals surface area contributed by atoms with Crippen molar-refractivity contribution in [3.05, 3.63) is 53.7 Å². The van der Waals surface area contributed by atoms with Crippen LogP contribution < -0.4 is 10.6 Å². The summed E-state index contributed by atoms with van der Waals surface area (Å²) in [6.07, 6.45) is 1.72. The van der Waals surface area contributed by atoms with Gasteiger partial charge in [0.1, 0.15) is 5.82 Å². The normalized spacial score (nSPS) is 10.1. The third-order valence-corrected chi connectivity index (χ3v) is 3.03. The zero-order valence-corrected chi connectivity index (χ0v) is 11.2. The number of pyridine rings is 1. The summed E-state index contributed by atoms with van der Waals surface area (Å²) in [5.74, 6) is 0.730. The quantitative estimate of drug-likeness (QED) is 0.840. The number of hydrogen-bond acceptors (Lipinski definition) is 2. The molecule has 0 atom stereocenters. The number of nitrogens with zero attached hydrogens (tertiary/aromatic N) is 2. The lowest BCUT2D eigenvalue weighted by molar-refractivity contribution is 1.20. The van der Waals surface area contributed by atoms with E-state index in [0.717, 1.165) is 11.5 Å². The summed E-state index contributed by atoms with van der Waals surface area (Å²) in [6, 6.07) is 11.8. The molecule has 0 saturated carbocycles. The molecule has 1 aromatic carbocycles. The first-order valence-electron chi connectivity index (χ1n) is 5.67. The van der Waals surface area contributed by atoms with Gasteiger partial charge in [-0.05, 0) is 61.5 Å². The molecule has 0 spiro atoms. The minimum Gasteiger partial charge on any atom is -0.376 e. The van der Waals surface area contributed by atoms with Gasteiger partial charge in [-0.15, -0.1) is 0 Å². The topological polar surface area (TPSA) is 42.1 Å². The van der Waals surface area contributed by atoms with Gasteiger partial charge >= 0.3 is 0 Å². The summed E-state index contributed by atoms with van der Waals surface area (Å²) in [5, 5.41) is 0.289. The zero-order chi connectivity index (χ0) is 13.1. The van der Waals surface area contributed by atoms with Crippen LogP contribution in [0.25, 0.3) is 0 Å². The molecule has 0 amide bonds. The first kappa shape index (κ1) is 12.5. The lowest BCUT2D eigenvalue weighted by Crippen LogP contribution is -2.31. The van der Waals surface area contributed by atoms with Crippen LogP contribution in [-0.4, -0.2) is 10.1 Å². The molecule has 1 aromatic heterocycles. The number of anilines is 2. The van der Waals surface area contributed by atoms with E-state index in [1.807, 2.05) is 24.3 Å². The number of benzene rings is 1. The van der Waals surface area contributed by atoms with E-state index < -0.39 is 0 Å². The van der Waals surface area contributed by atoms with Gasteiger partial charge in [-0.3, -0.25) is 4.90 Å². The molecule has 18 heavy (non-hydrogen) atoms. The number of rotatable bonds is 2. The third kappa shape index (κ3) is 2.49. The molecule has 2 rings (SSSR count). The zero-order valence-electron chi connectivity index (χ0n) is 10.4. The Bertz CT molecular complexity index is 567. The number of aryl methyl sites for hydroxylation is 2. The molecule has 1 heterocycles. The average molecular weight is 257 g/mol. The summed E-state index contributed by atoms with van der Waals surface area (Å²) in [5.41, 5.74) is 9.18. The minimum absolute atomic E-state index is 0.289. The lowest BCUT2D eigenvalue weighted by atomic mass is 10.1. The fourth-order valence-electron chi connectivity index (χ4n) is 1.72. The van der Waals surface area contributed by atoms with Gasteiger partial charge in [0.15, 0.2) is 5.11 Å². The van der Waals surface area contributed by atoms with E-state index in [1.54, 1.807) is 11.1 Å². The van der Waals surface area contributed by atoms with Gasteiger partial charge < -0.3 is 5.73 Å². The first-order valence-corrected chi connectivity index (χ1v) is 6.08. The molecule has 0 saturated heterocycles. The van der Waals surface area contributed by atoms with Crippen LogP contribution in [0.3, 0.4) is 0 Å². The maximum absolute atomic E-state index is 5.81. The second kappa shape index (κ2) is 5.14. The predicted molar refractivity (Wildman–Crippen MR) is 79.1 cm³/mol. The summed E-state index contributed by atoms with van der Waals surface area (Å²) < 4.78 is 0. The standard InChI is InChI=1S/C14H15N3S/c1-10-6-7-12(9-11(10)2)17(14(15)18)13-5-3-4-8-16-13/h3-9H,1-2H3,(H2,15,18). The van der Waals surface area contributed by atoms with E-state index in [4.69, 9.17) is 18.0 Å². The number of thiocarbonyl (C=S) groups is 1. The molecule has 4 heteroatoms. The molecular weight excluding hydrogens is 242 g/mol. The Labute approximate surface area is 112 Å². The van der Waals surface area contributed by atoms with Gasteiger partial charge in [-0.2, -0.15) is 0 Å². The van der Waals surface area contributed by atoms with Gasteiger partial charge in [0.2, 0.25) is 0 Å². The molecule has 0 radical (unpaired) electrons. The molecule has 2 aromatic rings. The van der Waals surface area contributed by atoms with Crippen LogP contribution in [0.15, 0.2) is 42.6 Å². The Kier molecular flexibility index (Phi) is 3.58. The maximum Gasteiger partial charge on any atom is 0.176 e. The molecule has 0 aliphatic rings.